The second kappa shape index (κ2) is 5.83. The molecule has 0 bridgehead atoms. The van der Waals surface area contributed by atoms with Crippen LogP contribution in [-0.2, 0) is 9.53 Å². The van der Waals surface area contributed by atoms with Crippen LogP contribution >= 0.6 is 0 Å². The Labute approximate surface area is 103 Å². The molecule has 0 heterocycles. The fraction of sp³-hybridized carbons (Fsp3) is 0.923. The van der Waals surface area contributed by atoms with Crippen LogP contribution in [0.15, 0.2) is 0 Å². The molecule has 2 saturated carbocycles. The number of ether oxygens (including phenoxy) is 1. The highest BCUT2D eigenvalue weighted by molar-refractivity contribution is 5.80. The molecule has 0 aromatic carbocycles. The summed E-state index contributed by atoms with van der Waals surface area (Å²) in [4.78, 5) is 11.9. The number of carbonyl (C=O) groups excluding carboxylic acids is 1. The molecule has 2 rings (SSSR count). The van der Waals surface area contributed by atoms with E-state index in [1.54, 1.807) is 0 Å². The topological polar surface area (TPSA) is 64.3 Å². The van der Waals surface area contributed by atoms with Gasteiger partial charge in [-0.15, -0.1) is 0 Å². The Balaban J connectivity index is 1.67. The Hall–Kier alpha value is -0.610. The number of hydrogen-bond donors (Lipinski definition) is 2. The van der Waals surface area contributed by atoms with Crippen LogP contribution in [0.25, 0.3) is 0 Å². The molecular formula is C13H24N2O2. The minimum Gasteiger partial charge on any atom is -0.365 e. The summed E-state index contributed by atoms with van der Waals surface area (Å²) in [5.74, 6) is 0.0392. The SMILES string of the molecule is CC(OC1CC(N)C1)C(=O)NC1CCCCC1. The molecule has 2 aliphatic rings. The lowest BCUT2D eigenvalue weighted by molar-refractivity contribution is -0.140. The third-order valence-corrected chi connectivity index (χ3v) is 3.85. The van der Waals surface area contributed by atoms with Crippen LogP contribution in [0.3, 0.4) is 0 Å². The van der Waals surface area contributed by atoms with E-state index in [4.69, 9.17) is 10.5 Å². The van der Waals surface area contributed by atoms with Crippen LogP contribution in [0.5, 0.6) is 0 Å². The lowest BCUT2D eigenvalue weighted by Gasteiger charge is -2.34. The van der Waals surface area contributed by atoms with E-state index in [-0.39, 0.29) is 24.2 Å². The maximum Gasteiger partial charge on any atom is 0.249 e. The molecule has 4 heteroatoms. The van der Waals surface area contributed by atoms with Crippen molar-refractivity contribution in [1.82, 2.24) is 5.32 Å². The molecular weight excluding hydrogens is 216 g/mol. The summed E-state index contributed by atoms with van der Waals surface area (Å²) >= 11 is 0. The van der Waals surface area contributed by atoms with Gasteiger partial charge in [-0.05, 0) is 32.6 Å². The Bertz CT molecular complexity index is 258. The zero-order valence-corrected chi connectivity index (χ0v) is 10.7. The molecule has 2 aliphatic carbocycles. The summed E-state index contributed by atoms with van der Waals surface area (Å²) < 4.78 is 5.67. The van der Waals surface area contributed by atoms with E-state index < -0.39 is 0 Å². The Kier molecular flexibility index (Phi) is 4.40. The largest absolute Gasteiger partial charge is 0.365 e. The first-order valence-electron chi connectivity index (χ1n) is 6.86. The first-order chi connectivity index (χ1) is 8.15. The Morgan fingerprint density at radius 1 is 1.29 bits per heavy atom. The van der Waals surface area contributed by atoms with Crippen molar-refractivity contribution in [2.45, 2.75) is 76.2 Å². The van der Waals surface area contributed by atoms with Crippen LogP contribution in [0.2, 0.25) is 0 Å². The molecule has 4 nitrogen and oxygen atoms in total. The average Bonchev–Trinajstić information content (AvgIpc) is 2.28. The zero-order chi connectivity index (χ0) is 12.3. The first kappa shape index (κ1) is 12.8. The minimum absolute atomic E-state index is 0.0392. The smallest absolute Gasteiger partial charge is 0.249 e. The zero-order valence-electron chi connectivity index (χ0n) is 10.7. The standard InChI is InChI=1S/C13H24N2O2/c1-9(17-12-7-10(14)8-12)13(16)15-11-5-3-2-4-6-11/h9-12H,2-8,14H2,1H3,(H,15,16). The fourth-order valence-corrected chi connectivity index (χ4v) is 2.63. The van der Waals surface area contributed by atoms with Gasteiger partial charge in [-0.1, -0.05) is 19.3 Å². The van der Waals surface area contributed by atoms with E-state index in [1.165, 1.54) is 19.3 Å². The van der Waals surface area contributed by atoms with Gasteiger partial charge in [0.1, 0.15) is 6.10 Å². The number of carbonyl (C=O) groups is 1. The number of amides is 1. The predicted octanol–water partition coefficient (Wildman–Crippen LogP) is 1.33. The molecule has 1 amide bonds. The van der Waals surface area contributed by atoms with Crippen molar-refractivity contribution in [3.05, 3.63) is 0 Å². The van der Waals surface area contributed by atoms with E-state index in [1.807, 2.05) is 6.92 Å². The van der Waals surface area contributed by atoms with Crippen molar-refractivity contribution in [2.24, 2.45) is 5.73 Å². The quantitative estimate of drug-likeness (QED) is 0.779. The maximum atomic E-state index is 11.9. The summed E-state index contributed by atoms with van der Waals surface area (Å²) in [5, 5.41) is 3.09. The van der Waals surface area contributed by atoms with Gasteiger partial charge in [-0.3, -0.25) is 4.79 Å². The monoisotopic (exact) mass is 240 g/mol. The van der Waals surface area contributed by atoms with E-state index >= 15 is 0 Å². The molecule has 17 heavy (non-hydrogen) atoms. The van der Waals surface area contributed by atoms with E-state index in [9.17, 15) is 4.79 Å². The van der Waals surface area contributed by atoms with Crippen LogP contribution in [0, 0.1) is 0 Å². The lowest BCUT2D eigenvalue weighted by Crippen LogP contribution is -2.47. The van der Waals surface area contributed by atoms with Gasteiger partial charge in [-0.25, -0.2) is 0 Å². The van der Waals surface area contributed by atoms with Crippen LogP contribution in [0.1, 0.15) is 51.9 Å². The number of nitrogens with two attached hydrogens (primary N) is 1. The van der Waals surface area contributed by atoms with E-state index in [0.717, 1.165) is 25.7 Å². The molecule has 2 fully saturated rings. The van der Waals surface area contributed by atoms with Gasteiger partial charge in [0.25, 0.3) is 0 Å². The highest BCUT2D eigenvalue weighted by atomic mass is 16.5. The number of hydrogen-bond acceptors (Lipinski definition) is 3. The molecule has 3 N–H and O–H groups in total. The first-order valence-corrected chi connectivity index (χ1v) is 6.86. The van der Waals surface area contributed by atoms with Crippen molar-refractivity contribution in [3.8, 4) is 0 Å². The summed E-state index contributed by atoms with van der Waals surface area (Å²) in [5.41, 5.74) is 5.69. The summed E-state index contributed by atoms with van der Waals surface area (Å²) in [7, 11) is 0. The van der Waals surface area contributed by atoms with Crippen molar-refractivity contribution < 1.29 is 9.53 Å². The third-order valence-electron chi connectivity index (χ3n) is 3.85. The second-order valence-corrected chi connectivity index (χ2v) is 5.48. The summed E-state index contributed by atoms with van der Waals surface area (Å²) in [6.07, 6.45) is 7.64. The third kappa shape index (κ3) is 3.68. The molecule has 98 valence electrons. The van der Waals surface area contributed by atoms with E-state index in [2.05, 4.69) is 5.32 Å². The number of rotatable bonds is 4. The molecule has 0 aromatic heterocycles. The highest BCUT2D eigenvalue weighted by Crippen LogP contribution is 2.23. The second-order valence-electron chi connectivity index (χ2n) is 5.48. The van der Waals surface area contributed by atoms with Crippen molar-refractivity contribution in [1.29, 1.82) is 0 Å². The van der Waals surface area contributed by atoms with Gasteiger partial charge >= 0.3 is 0 Å². The molecule has 0 aromatic rings. The van der Waals surface area contributed by atoms with Gasteiger partial charge < -0.3 is 15.8 Å². The van der Waals surface area contributed by atoms with Gasteiger partial charge in [0.15, 0.2) is 0 Å². The van der Waals surface area contributed by atoms with Crippen molar-refractivity contribution in [3.63, 3.8) is 0 Å². The van der Waals surface area contributed by atoms with E-state index in [0.29, 0.717) is 6.04 Å². The molecule has 0 spiro atoms. The van der Waals surface area contributed by atoms with Gasteiger partial charge in [-0.2, -0.15) is 0 Å². The highest BCUT2D eigenvalue weighted by Gasteiger charge is 2.30. The molecule has 0 aliphatic heterocycles. The fourth-order valence-electron chi connectivity index (χ4n) is 2.63. The van der Waals surface area contributed by atoms with Crippen molar-refractivity contribution in [2.75, 3.05) is 0 Å². The summed E-state index contributed by atoms with van der Waals surface area (Å²) in [6.45, 7) is 1.84. The average molecular weight is 240 g/mol. The molecule has 0 radical (unpaired) electrons. The molecule has 1 unspecified atom stereocenters. The molecule has 1 atom stereocenters. The maximum absolute atomic E-state index is 11.9. The van der Waals surface area contributed by atoms with Gasteiger partial charge in [0, 0.05) is 12.1 Å². The number of nitrogens with one attached hydrogen (secondary N) is 1. The van der Waals surface area contributed by atoms with Crippen molar-refractivity contribution >= 4 is 5.91 Å². The molecule has 0 saturated heterocycles. The van der Waals surface area contributed by atoms with Crippen LogP contribution in [-0.4, -0.2) is 30.2 Å². The Morgan fingerprint density at radius 2 is 1.94 bits per heavy atom. The minimum atomic E-state index is -0.338. The predicted molar refractivity (Wildman–Crippen MR) is 66.6 cm³/mol. The normalized spacial score (nSPS) is 31.6. The van der Waals surface area contributed by atoms with Crippen LogP contribution in [0.4, 0.5) is 0 Å². The van der Waals surface area contributed by atoms with Crippen LogP contribution < -0.4 is 11.1 Å². The van der Waals surface area contributed by atoms with Gasteiger partial charge in [0.05, 0.1) is 6.10 Å². The summed E-state index contributed by atoms with van der Waals surface area (Å²) in [6, 6.07) is 0.638. The lowest BCUT2D eigenvalue weighted by atomic mass is 9.90. The van der Waals surface area contributed by atoms with Gasteiger partial charge in [0.2, 0.25) is 5.91 Å². The Morgan fingerprint density at radius 3 is 2.53 bits per heavy atom.